The molecule has 2 aliphatic rings. The molecule has 21 heteroatoms. The van der Waals surface area contributed by atoms with Crippen LogP contribution >= 0.6 is 15.4 Å². The van der Waals surface area contributed by atoms with E-state index in [4.69, 9.17) is 23.8 Å². The second-order valence-corrected chi connectivity index (χ2v) is 12.8. The van der Waals surface area contributed by atoms with Gasteiger partial charge in [0.25, 0.3) is 7.82 Å². The average molecular weight is 655 g/mol. The number of carbonyl (C=O) groups is 2. The second kappa shape index (κ2) is 13.3. The van der Waals surface area contributed by atoms with E-state index in [-0.39, 0.29) is 17.0 Å². The summed E-state index contributed by atoms with van der Waals surface area (Å²) in [5, 5.41) is 15.8. The molecule has 4 N–H and O–H groups in total. The molecule has 238 valence electrons. The van der Waals surface area contributed by atoms with Crippen molar-refractivity contribution in [2.45, 2.75) is 37.8 Å². The summed E-state index contributed by atoms with van der Waals surface area (Å²) in [6.07, 6.45) is -3.20. The molecular weight excluding hydrogens is 628 g/mol. The number of hydrogen-bond donors (Lipinski definition) is 4. The Labute approximate surface area is 249 Å². The summed E-state index contributed by atoms with van der Waals surface area (Å²) in [4.78, 5) is 59.8. The van der Waals surface area contributed by atoms with Crippen molar-refractivity contribution < 1.29 is 56.7 Å². The van der Waals surface area contributed by atoms with E-state index in [2.05, 4.69) is 29.9 Å². The van der Waals surface area contributed by atoms with Crippen molar-refractivity contribution in [1.29, 1.82) is 0 Å². The molecule has 2 fully saturated rings. The molecule has 7 atom stereocenters. The lowest BCUT2D eigenvalue weighted by atomic mass is 10.1. The number of fused-ring (bicyclic) bond motifs is 2. The van der Waals surface area contributed by atoms with E-state index in [9.17, 15) is 28.5 Å². The molecule has 0 radical (unpaired) electrons. The van der Waals surface area contributed by atoms with Crippen LogP contribution in [0.2, 0.25) is 0 Å². The number of nitrogens with zero attached hydrogens (tertiary/aromatic N) is 4. The number of carboxylic acid groups (broad SMARTS) is 1. The maximum Gasteiger partial charge on any atom is 0.320 e. The smallest absolute Gasteiger partial charge is 0.320 e. The molecule has 0 bridgehead atoms. The molecule has 2 aliphatic heterocycles. The van der Waals surface area contributed by atoms with Gasteiger partial charge in [0.1, 0.15) is 24.6 Å². The predicted octanol–water partition coefficient (Wildman–Crippen LogP) is 0.0346. The number of carboxylic acids is 1. The Morgan fingerprint density at radius 1 is 1.09 bits per heavy atom. The third-order valence-electron chi connectivity index (χ3n) is 6.32. The number of imidazole rings is 1. The highest BCUT2D eigenvalue weighted by Crippen LogP contribution is 2.55. The largest absolute Gasteiger partial charge is 0.777 e. The first-order chi connectivity index (χ1) is 21.0. The maximum atomic E-state index is 12.4. The minimum absolute atomic E-state index is 0.129. The molecule has 19 nitrogen and oxygen atoms in total. The van der Waals surface area contributed by atoms with Gasteiger partial charge in [0.05, 0.1) is 25.8 Å². The number of benzene rings is 1. The molecule has 3 aromatic rings. The number of ether oxygens (including phenoxy) is 3. The van der Waals surface area contributed by atoms with Gasteiger partial charge in [-0.25, -0.2) is 19.7 Å². The number of anilines is 1. The number of aliphatic carboxylic acids is 1. The van der Waals surface area contributed by atoms with Crippen molar-refractivity contribution in [2.75, 3.05) is 31.3 Å². The van der Waals surface area contributed by atoms with Crippen molar-refractivity contribution >= 4 is 44.4 Å². The Balaban J connectivity index is 1.36. The first kappa shape index (κ1) is 32.1. The fourth-order valence-corrected chi connectivity index (χ4v) is 6.93. The molecule has 3 unspecified atom stereocenters. The Bertz CT molecular complexity index is 1590. The van der Waals surface area contributed by atoms with Crippen LogP contribution in [0.3, 0.4) is 0 Å². The number of phosphoric ester groups is 1. The molecule has 5 rings (SSSR count). The summed E-state index contributed by atoms with van der Waals surface area (Å²) in [7, 11) is -10.5. The summed E-state index contributed by atoms with van der Waals surface area (Å²) in [5.74, 6) is -1.22. The van der Waals surface area contributed by atoms with Gasteiger partial charge >= 0.3 is 12.0 Å². The summed E-state index contributed by atoms with van der Waals surface area (Å²) in [6.45, 7) is 0.669. The molecule has 2 saturated heterocycles. The summed E-state index contributed by atoms with van der Waals surface area (Å²) in [6, 6.07) is 8.42. The highest BCUT2D eigenvalue weighted by molar-refractivity contribution is 7.62. The number of rotatable bonds is 13. The third kappa shape index (κ3) is 7.47. The minimum atomic E-state index is -5.46. The van der Waals surface area contributed by atoms with Crippen LogP contribution in [0.1, 0.15) is 25.0 Å². The standard InChI is InChI=1S/C23H29N7O12P2/c1-2-25-23(33)29-19-16-20(27-10-26-19)30(11-28-16)21-18-17(40-22(41-18)13-6-4-3-5-7-13)14(39-21)9-38-44(36,37)42-43(34,35)12-24-8-15(31)32/h3-7,10-11,14,17-18,21-22,24H,2,8-9,12H2,1H3,(H,31,32)(H,34,35)(H,36,37)(H2,25,26,27,29,33)/p-2/t14-,17?,18+,21-,22-/m1/s1. The van der Waals surface area contributed by atoms with Crippen LogP contribution in [-0.4, -0.2) is 80.9 Å². The Hall–Kier alpha value is -3.35. The van der Waals surface area contributed by atoms with Crippen LogP contribution in [-0.2, 0) is 37.0 Å². The number of urea groups is 1. The average Bonchev–Trinajstić information content (AvgIpc) is 3.66. The van der Waals surface area contributed by atoms with Gasteiger partial charge in [-0.15, -0.1) is 0 Å². The summed E-state index contributed by atoms with van der Waals surface area (Å²) in [5.41, 5.74) is 1.16. The number of phosphoric acid groups is 1. The molecule has 0 spiro atoms. The van der Waals surface area contributed by atoms with Crippen molar-refractivity contribution in [1.82, 2.24) is 30.2 Å². The Morgan fingerprint density at radius 3 is 2.57 bits per heavy atom. The molecule has 44 heavy (non-hydrogen) atoms. The van der Waals surface area contributed by atoms with Crippen LogP contribution in [0.15, 0.2) is 43.0 Å². The topological polar surface area (TPSA) is 260 Å². The van der Waals surface area contributed by atoms with Crippen LogP contribution < -0.4 is 25.7 Å². The normalized spacial score (nSPS) is 25.7. The molecule has 2 aromatic heterocycles. The van der Waals surface area contributed by atoms with Gasteiger partial charge in [-0.1, -0.05) is 30.3 Å². The summed E-state index contributed by atoms with van der Waals surface area (Å²) < 4.78 is 53.4. The summed E-state index contributed by atoms with van der Waals surface area (Å²) >= 11 is 0. The Morgan fingerprint density at radius 2 is 1.84 bits per heavy atom. The van der Waals surface area contributed by atoms with E-state index < -0.39 is 77.7 Å². The highest BCUT2D eigenvalue weighted by Gasteiger charge is 2.54. The molecule has 1 aromatic carbocycles. The van der Waals surface area contributed by atoms with E-state index in [1.165, 1.54) is 17.2 Å². The number of aromatic nitrogens is 4. The van der Waals surface area contributed by atoms with Crippen LogP contribution in [0.4, 0.5) is 10.6 Å². The fourth-order valence-electron chi connectivity index (χ4n) is 4.57. The van der Waals surface area contributed by atoms with E-state index in [0.717, 1.165) is 0 Å². The van der Waals surface area contributed by atoms with Gasteiger partial charge in [-0.05, 0) is 6.92 Å². The first-order valence-corrected chi connectivity index (χ1v) is 16.3. The zero-order valence-electron chi connectivity index (χ0n) is 22.9. The first-order valence-electron chi connectivity index (χ1n) is 13.1. The van der Waals surface area contributed by atoms with Gasteiger partial charge in [0, 0.05) is 12.1 Å². The zero-order valence-corrected chi connectivity index (χ0v) is 24.7. The number of nitrogens with one attached hydrogen (secondary N) is 3. The minimum Gasteiger partial charge on any atom is -0.777 e. The van der Waals surface area contributed by atoms with Gasteiger partial charge in [0.15, 0.2) is 37.1 Å². The van der Waals surface area contributed by atoms with Crippen molar-refractivity contribution in [3.63, 3.8) is 0 Å². The molecule has 0 saturated carbocycles. The quantitative estimate of drug-likeness (QED) is 0.177. The predicted molar refractivity (Wildman–Crippen MR) is 144 cm³/mol. The number of carbonyl (C=O) groups excluding carboxylic acids is 1. The monoisotopic (exact) mass is 655 g/mol. The van der Waals surface area contributed by atoms with E-state index >= 15 is 0 Å². The molecule has 2 amide bonds. The number of amides is 2. The second-order valence-electron chi connectivity index (χ2n) is 9.45. The van der Waals surface area contributed by atoms with E-state index in [1.54, 1.807) is 31.2 Å². The van der Waals surface area contributed by atoms with Gasteiger partial charge in [-0.3, -0.25) is 28.9 Å². The maximum absolute atomic E-state index is 12.4. The SMILES string of the molecule is CCNC(=O)Nc1ncnc2c1ncn2[C@@H]1O[C@H](COP(=O)([O-])OP(=O)([O-])CNCC(=O)O)C2O[C@@H](c3ccccc3)O[C@@H]21. The lowest BCUT2D eigenvalue weighted by Gasteiger charge is -2.32. The number of hydrogen-bond acceptors (Lipinski definition) is 15. The van der Waals surface area contributed by atoms with Crippen LogP contribution in [0, 0.1) is 0 Å². The molecule has 4 heterocycles. The lowest BCUT2D eigenvalue weighted by Crippen LogP contribution is -2.32. The highest BCUT2D eigenvalue weighted by atomic mass is 31.3. The van der Waals surface area contributed by atoms with Crippen molar-refractivity contribution in [3.8, 4) is 0 Å². The molecule has 0 aliphatic carbocycles. The zero-order chi connectivity index (χ0) is 31.5. The Kier molecular flexibility index (Phi) is 9.71. The van der Waals surface area contributed by atoms with Crippen molar-refractivity contribution in [2.24, 2.45) is 0 Å². The lowest BCUT2D eigenvalue weighted by molar-refractivity contribution is -0.234. The van der Waals surface area contributed by atoms with Crippen molar-refractivity contribution in [3.05, 3.63) is 48.5 Å². The van der Waals surface area contributed by atoms with Gasteiger partial charge in [0.2, 0.25) is 0 Å². The molecular formula is C23H27N7O12P2-2. The van der Waals surface area contributed by atoms with Gasteiger partial charge in [-0.2, -0.15) is 0 Å². The van der Waals surface area contributed by atoms with E-state index in [0.29, 0.717) is 12.1 Å². The third-order valence-corrected chi connectivity index (χ3v) is 9.20. The fraction of sp³-hybridized carbons (Fsp3) is 0.435. The van der Waals surface area contributed by atoms with Crippen LogP contribution in [0.25, 0.3) is 11.2 Å². The van der Waals surface area contributed by atoms with Gasteiger partial charge < -0.3 is 43.5 Å². The van der Waals surface area contributed by atoms with Crippen LogP contribution in [0.5, 0.6) is 0 Å². The van der Waals surface area contributed by atoms with E-state index in [1.807, 2.05) is 11.4 Å².